The second-order valence-electron chi connectivity index (χ2n) is 3.09. The van der Waals surface area contributed by atoms with E-state index in [0.29, 0.717) is 12.2 Å². The zero-order chi connectivity index (χ0) is 12.1. The summed E-state index contributed by atoms with van der Waals surface area (Å²) in [5.41, 5.74) is 5.34. The number of nitrogens with zero attached hydrogens (tertiary/aromatic N) is 1. The first-order valence-corrected chi connectivity index (χ1v) is 5.55. The predicted octanol–water partition coefficient (Wildman–Crippen LogP) is -1.96. The quantitative estimate of drug-likeness (QED) is 0.493. The van der Waals surface area contributed by atoms with E-state index in [1.807, 2.05) is 0 Å². The number of amidine groups is 2. The van der Waals surface area contributed by atoms with Crippen molar-refractivity contribution in [1.82, 2.24) is 5.32 Å². The summed E-state index contributed by atoms with van der Waals surface area (Å²) in [4.78, 5) is 25.1. The molecule has 7 nitrogen and oxygen atoms in total. The number of amides is 1. The standard InChI is InChI=1S/C8H12N4O3S/c9-5-6(10)11-8(12-7(5)15)16-3-1-2-4(13)14/h5H,1-3,9H2,(H,13,14)(H2,10,11,12,15)/p-1. The molecule has 0 saturated heterocycles. The van der Waals surface area contributed by atoms with Gasteiger partial charge in [0.1, 0.15) is 11.9 Å². The Bertz CT molecular complexity index is 355. The van der Waals surface area contributed by atoms with E-state index >= 15 is 0 Å². The van der Waals surface area contributed by atoms with Crippen molar-refractivity contribution in [1.29, 1.82) is 5.41 Å². The molecule has 0 spiro atoms. The first kappa shape index (κ1) is 12.7. The SMILES string of the molecule is N=C1N=C(SCCCC(=O)[O-])NC(=O)C1N. The Balaban J connectivity index is 2.38. The van der Waals surface area contributed by atoms with E-state index in [4.69, 9.17) is 11.1 Å². The number of carboxylic acids is 1. The van der Waals surface area contributed by atoms with Gasteiger partial charge in [0, 0.05) is 11.7 Å². The number of nitrogens with one attached hydrogen (secondary N) is 2. The highest BCUT2D eigenvalue weighted by atomic mass is 32.2. The van der Waals surface area contributed by atoms with Crippen LogP contribution < -0.4 is 16.2 Å². The van der Waals surface area contributed by atoms with Gasteiger partial charge in [0.05, 0.1) is 0 Å². The summed E-state index contributed by atoms with van der Waals surface area (Å²) >= 11 is 1.18. The number of carbonyl (C=O) groups is 2. The lowest BCUT2D eigenvalue weighted by atomic mass is 10.2. The van der Waals surface area contributed by atoms with E-state index in [-0.39, 0.29) is 17.4 Å². The molecule has 88 valence electrons. The third-order valence-corrected chi connectivity index (χ3v) is 2.75. The fraction of sp³-hybridized carbons (Fsp3) is 0.500. The maximum Gasteiger partial charge on any atom is 0.250 e. The van der Waals surface area contributed by atoms with Gasteiger partial charge in [-0.05, 0) is 12.8 Å². The highest BCUT2D eigenvalue weighted by molar-refractivity contribution is 8.13. The van der Waals surface area contributed by atoms with Gasteiger partial charge >= 0.3 is 0 Å². The van der Waals surface area contributed by atoms with E-state index in [2.05, 4.69) is 10.3 Å². The van der Waals surface area contributed by atoms with Crippen LogP contribution in [0.1, 0.15) is 12.8 Å². The molecule has 0 bridgehead atoms. The number of nitrogens with two attached hydrogens (primary N) is 1. The van der Waals surface area contributed by atoms with Crippen LogP contribution in [0.15, 0.2) is 4.99 Å². The monoisotopic (exact) mass is 243 g/mol. The van der Waals surface area contributed by atoms with Crippen molar-refractivity contribution in [3.8, 4) is 0 Å². The second kappa shape index (κ2) is 5.61. The zero-order valence-corrected chi connectivity index (χ0v) is 9.17. The minimum atomic E-state index is -1.11. The Morgan fingerprint density at radius 2 is 2.38 bits per heavy atom. The molecule has 0 saturated carbocycles. The van der Waals surface area contributed by atoms with Gasteiger partial charge < -0.3 is 21.0 Å². The van der Waals surface area contributed by atoms with Crippen molar-refractivity contribution in [2.24, 2.45) is 10.7 Å². The van der Waals surface area contributed by atoms with Crippen LogP contribution in [0.4, 0.5) is 0 Å². The summed E-state index contributed by atoms with van der Waals surface area (Å²) in [6, 6.07) is -1.02. The molecule has 1 aliphatic heterocycles. The predicted molar refractivity (Wildman–Crippen MR) is 58.0 cm³/mol. The number of aliphatic imine (C=N–C) groups is 1. The van der Waals surface area contributed by atoms with E-state index in [9.17, 15) is 14.7 Å². The molecule has 1 heterocycles. The fourth-order valence-corrected chi connectivity index (χ4v) is 1.79. The number of aliphatic carboxylic acids is 1. The molecule has 0 aromatic rings. The van der Waals surface area contributed by atoms with Crippen LogP contribution in [-0.2, 0) is 9.59 Å². The van der Waals surface area contributed by atoms with Crippen molar-refractivity contribution in [3.05, 3.63) is 0 Å². The van der Waals surface area contributed by atoms with Gasteiger partial charge in [0.2, 0.25) is 0 Å². The topological polar surface area (TPSA) is 131 Å². The Morgan fingerprint density at radius 3 is 2.94 bits per heavy atom. The van der Waals surface area contributed by atoms with Crippen LogP contribution in [0.5, 0.6) is 0 Å². The van der Waals surface area contributed by atoms with Gasteiger partial charge in [-0.1, -0.05) is 11.8 Å². The summed E-state index contributed by atoms with van der Waals surface area (Å²) in [5.74, 6) is -1.28. The van der Waals surface area contributed by atoms with Crippen LogP contribution in [0.3, 0.4) is 0 Å². The molecule has 0 fully saturated rings. The summed E-state index contributed by atoms with van der Waals surface area (Å²) in [7, 11) is 0. The molecule has 0 radical (unpaired) electrons. The number of hydrogen-bond donors (Lipinski definition) is 3. The molecule has 0 aromatic heterocycles. The average Bonchev–Trinajstić information content (AvgIpc) is 2.20. The van der Waals surface area contributed by atoms with E-state index in [0.717, 1.165) is 0 Å². The molecule has 1 amide bonds. The number of carboxylic acid groups (broad SMARTS) is 1. The minimum Gasteiger partial charge on any atom is -0.550 e. The van der Waals surface area contributed by atoms with Crippen LogP contribution in [0.25, 0.3) is 0 Å². The lowest BCUT2D eigenvalue weighted by molar-refractivity contribution is -0.305. The van der Waals surface area contributed by atoms with Gasteiger partial charge in [0.15, 0.2) is 5.17 Å². The first-order chi connectivity index (χ1) is 7.50. The maximum absolute atomic E-state index is 11.2. The molecular formula is C8H11N4O3S-. The summed E-state index contributed by atoms with van der Waals surface area (Å²) in [6.45, 7) is 0. The molecular weight excluding hydrogens is 232 g/mol. The molecule has 1 atom stereocenters. The van der Waals surface area contributed by atoms with Crippen molar-refractivity contribution >= 4 is 34.6 Å². The molecule has 1 unspecified atom stereocenters. The average molecular weight is 243 g/mol. The fourth-order valence-electron chi connectivity index (χ4n) is 0.968. The molecule has 1 rings (SSSR count). The number of rotatable bonds is 4. The molecule has 0 aliphatic carbocycles. The second-order valence-corrected chi connectivity index (χ2v) is 4.18. The number of thioether (sulfide) groups is 1. The van der Waals surface area contributed by atoms with E-state index in [1.165, 1.54) is 11.8 Å². The Kier molecular flexibility index (Phi) is 4.44. The smallest absolute Gasteiger partial charge is 0.250 e. The Labute approximate surface area is 96.0 Å². The Morgan fingerprint density at radius 1 is 1.69 bits per heavy atom. The molecule has 4 N–H and O–H groups in total. The summed E-state index contributed by atoms with van der Waals surface area (Å²) in [6.07, 6.45) is 0.381. The summed E-state index contributed by atoms with van der Waals surface area (Å²) < 4.78 is 0. The van der Waals surface area contributed by atoms with Crippen LogP contribution >= 0.6 is 11.8 Å². The van der Waals surface area contributed by atoms with Gasteiger partial charge in [-0.3, -0.25) is 10.2 Å². The van der Waals surface area contributed by atoms with Gasteiger partial charge in [0.25, 0.3) is 5.91 Å². The highest BCUT2D eigenvalue weighted by Crippen LogP contribution is 2.09. The lowest BCUT2D eigenvalue weighted by Crippen LogP contribution is -2.51. The number of hydrogen-bond acceptors (Lipinski definition) is 6. The van der Waals surface area contributed by atoms with Gasteiger partial charge in [-0.25, -0.2) is 4.99 Å². The molecule has 0 aromatic carbocycles. The third-order valence-electron chi connectivity index (χ3n) is 1.79. The Hall–Kier alpha value is -1.41. The van der Waals surface area contributed by atoms with Crippen molar-refractivity contribution in [2.45, 2.75) is 18.9 Å². The van der Waals surface area contributed by atoms with E-state index < -0.39 is 17.9 Å². The largest absolute Gasteiger partial charge is 0.550 e. The highest BCUT2D eigenvalue weighted by Gasteiger charge is 2.25. The van der Waals surface area contributed by atoms with Crippen molar-refractivity contribution in [3.63, 3.8) is 0 Å². The maximum atomic E-state index is 11.2. The first-order valence-electron chi connectivity index (χ1n) is 4.57. The van der Waals surface area contributed by atoms with Crippen molar-refractivity contribution < 1.29 is 14.7 Å². The molecule has 16 heavy (non-hydrogen) atoms. The summed E-state index contributed by atoms with van der Waals surface area (Å²) in [5, 5.41) is 20.2. The number of carbonyl (C=O) groups excluding carboxylic acids is 2. The normalized spacial score (nSPS) is 20.3. The van der Waals surface area contributed by atoms with Crippen LogP contribution in [0, 0.1) is 5.41 Å². The van der Waals surface area contributed by atoms with Gasteiger partial charge in [-0.15, -0.1) is 0 Å². The van der Waals surface area contributed by atoms with Gasteiger partial charge in [-0.2, -0.15) is 0 Å². The zero-order valence-electron chi connectivity index (χ0n) is 8.36. The van der Waals surface area contributed by atoms with E-state index in [1.54, 1.807) is 0 Å². The van der Waals surface area contributed by atoms with Crippen LogP contribution in [-0.4, -0.2) is 34.7 Å². The van der Waals surface area contributed by atoms with Crippen molar-refractivity contribution in [2.75, 3.05) is 5.75 Å². The molecule has 8 heteroatoms. The minimum absolute atomic E-state index is 0.0365. The third kappa shape index (κ3) is 3.63. The molecule has 1 aliphatic rings. The van der Waals surface area contributed by atoms with Crippen LogP contribution in [0.2, 0.25) is 0 Å². The lowest BCUT2D eigenvalue weighted by Gasteiger charge is -2.18.